The first kappa shape index (κ1) is 15.9. The van der Waals surface area contributed by atoms with E-state index >= 15 is 0 Å². The normalized spacial score (nSPS) is 11.8. The minimum absolute atomic E-state index is 0.122. The molecule has 0 unspecified atom stereocenters. The van der Waals surface area contributed by atoms with Gasteiger partial charge in [0.15, 0.2) is 0 Å². The number of hydrogen-bond donors (Lipinski definition) is 0. The topological polar surface area (TPSA) is 29.5 Å². The standard InChI is InChI=1S/C16H15BrClNO2/c1-19(2)16(20)15(11-6-4-3-5-7-11)21-14-9-8-12(18)10-13(14)17/h3-10,15H,1-2H3/t15-/m0/s1. The van der Waals surface area contributed by atoms with Gasteiger partial charge in [0.2, 0.25) is 6.10 Å². The van der Waals surface area contributed by atoms with Gasteiger partial charge in [-0.05, 0) is 34.1 Å². The summed E-state index contributed by atoms with van der Waals surface area (Å²) >= 11 is 9.32. The quantitative estimate of drug-likeness (QED) is 0.805. The molecule has 2 aromatic carbocycles. The molecular weight excluding hydrogens is 354 g/mol. The van der Waals surface area contributed by atoms with Gasteiger partial charge in [-0.25, -0.2) is 0 Å². The van der Waals surface area contributed by atoms with Gasteiger partial charge in [-0.3, -0.25) is 4.79 Å². The second-order valence-corrected chi connectivity index (χ2v) is 6.01. The minimum atomic E-state index is -0.696. The zero-order valence-corrected chi connectivity index (χ0v) is 14.1. The van der Waals surface area contributed by atoms with Crippen molar-refractivity contribution in [1.82, 2.24) is 4.90 Å². The predicted octanol–water partition coefficient (Wildman–Crippen LogP) is 4.31. The Morgan fingerprint density at radius 3 is 2.43 bits per heavy atom. The lowest BCUT2D eigenvalue weighted by Crippen LogP contribution is -2.31. The van der Waals surface area contributed by atoms with Crippen molar-refractivity contribution in [2.75, 3.05) is 14.1 Å². The number of hydrogen-bond acceptors (Lipinski definition) is 2. The van der Waals surface area contributed by atoms with Crippen molar-refractivity contribution < 1.29 is 9.53 Å². The number of ether oxygens (including phenoxy) is 1. The van der Waals surface area contributed by atoms with Gasteiger partial charge in [0, 0.05) is 24.7 Å². The summed E-state index contributed by atoms with van der Waals surface area (Å²) < 4.78 is 6.62. The highest BCUT2D eigenvalue weighted by molar-refractivity contribution is 9.10. The highest BCUT2D eigenvalue weighted by Gasteiger charge is 2.24. The number of halogens is 2. The van der Waals surface area contributed by atoms with E-state index in [1.54, 1.807) is 32.3 Å². The summed E-state index contributed by atoms with van der Waals surface area (Å²) in [5.41, 5.74) is 0.804. The second-order valence-electron chi connectivity index (χ2n) is 4.72. The maximum atomic E-state index is 12.4. The number of amides is 1. The molecule has 0 heterocycles. The summed E-state index contributed by atoms with van der Waals surface area (Å²) in [6.07, 6.45) is -0.696. The van der Waals surface area contributed by atoms with E-state index in [0.717, 1.165) is 5.56 Å². The highest BCUT2D eigenvalue weighted by Crippen LogP contribution is 2.32. The van der Waals surface area contributed by atoms with Gasteiger partial charge in [0.25, 0.3) is 5.91 Å². The lowest BCUT2D eigenvalue weighted by molar-refractivity contribution is -0.136. The predicted molar refractivity (Wildman–Crippen MR) is 87.7 cm³/mol. The summed E-state index contributed by atoms with van der Waals surface area (Å²) in [5.74, 6) is 0.450. The number of carbonyl (C=O) groups excluding carboxylic acids is 1. The summed E-state index contributed by atoms with van der Waals surface area (Å²) in [4.78, 5) is 13.9. The number of likely N-dealkylation sites (N-methyl/N-ethyl adjacent to an activating group) is 1. The molecule has 0 fully saturated rings. The van der Waals surface area contributed by atoms with Crippen LogP contribution >= 0.6 is 27.5 Å². The van der Waals surface area contributed by atoms with Crippen LogP contribution in [0.2, 0.25) is 5.02 Å². The van der Waals surface area contributed by atoms with E-state index in [4.69, 9.17) is 16.3 Å². The average molecular weight is 369 g/mol. The maximum Gasteiger partial charge on any atom is 0.267 e. The summed E-state index contributed by atoms with van der Waals surface area (Å²) in [6, 6.07) is 14.6. The molecule has 0 saturated carbocycles. The molecule has 0 aliphatic carbocycles. The SMILES string of the molecule is CN(C)C(=O)[C@@H](Oc1ccc(Cl)cc1Br)c1ccccc1. The van der Waals surface area contributed by atoms with E-state index < -0.39 is 6.10 Å². The Hall–Kier alpha value is -1.52. The Morgan fingerprint density at radius 1 is 1.19 bits per heavy atom. The van der Waals surface area contributed by atoms with Gasteiger partial charge in [0.1, 0.15) is 5.75 Å². The molecule has 110 valence electrons. The molecule has 0 saturated heterocycles. The van der Waals surface area contributed by atoms with E-state index in [0.29, 0.717) is 15.2 Å². The molecule has 2 aromatic rings. The van der Waals surface area contributed by atoms with Crippen LogP contribution < -0.4 is 4.74 Å². The fraction of sp³-hybridized carbons (Fsp3) is 0.188. The zero-order chi connectivity index (χ0) is 15.4. The van der Waals surface area contributed by atoms with E-state index in [9.17, 15) is 4.79 Å². The zero-order valence-electron chi connectivity index (χ0n) is 11.7. The van der Waals surface area contributed by atoms with Gasteiger partial charge in [-0.2, -0.15) is 0 Å². The lowest BCUT2D eigenvalue weighted by Gasteiger charge is -2.22. The molecule has 1 amide bonds. The molecule has 0 aliphatic rings. The molecule has 1 atom stereocenters. The third kappa shape index (κ3) is 3.99. The molecular formula is C16H15BrClNO2. The Bertz CT molecular complexity index is 631. The van der Waals surface area contributed by atoms with Crippen molar-refractivity contribution in [2.45, 2.75) is 6.10 Å². The van der Waals surface area contributed by atoms with Crippen LogP contribution in [0.25, 0.3) is 0 Å². The van der Waals surface area contributed by atoms with Gasteiger partial charge in [-0.1, -0.05) is 41.9 Å². The summed E-state index contributed by atoms with van der Waals surface area (Å²) in [6.45, 7) is 0. The fourth-order valence-electron chi connectivity index (χ4n) is 1.82. The average Bonchev–Trinajstić information content (AvgIpc) is 2.46. The van der Waals surface area contributed by atoms with Crippen LogP contribution in [-0.4, -0.2) is 24.9 Å². The van der Waals surface area contributed by atoms with Crippen molar-refractivity contribution in [2.24, 2.45) is 0 Å². The van der Waals surface area contributed by atoms with Crippen LogP contribution in [0.3, 0.4) is 0 Å². The molecule has 0 spiro atoms. The van der Waals surface area contributed by atoms with Gasteiger partial charge in [-0.15, -0.1) is 0 Å². The summed E-state index contributed by atoms with van der Waals surface area (Å²) in [7, 11) is 3.41. The Morgan fingerprint density at radius 2 is 1.86 bits per heavy atom. The Labute approximate surface area is 137 Å². The van der Waals surface area contributed by atoms with Crippen molar-refractivity contribution in [3.8, 4) is 5.75 Å². The van der Waals surface area contributed by atoms with Crippen molar-refractivity contribution in [1.29, 1.82) is 0 Å². The van der Waals surface area contributed by atoms with E-state index in [1.807, 2.05) is 30.3 Å². The number of benzene rings is 2. The van der Waals surface area contributed by atoms with Crippen molar-refractivity contribution in [3.05, 3.63) is 63.6 Å². The first-order valence-corrected chi connectivity index (χ1v) is 7.54. The van der Waals surface area contributed by atoms with Crippen molar-refractivity contribution >= 4 is 33.4 Å². The Balaban J connectivity index is 2.34. The van der Waals surface area contributed by atoms with E-state index in [2.05, 4.69) is 15.9 Å². The van der Waals surface area contributed by atoms with Crippen LogP contribution in [0.1, 0.15) is 11.7 Å². The highest BCUT2D eigenvalue weighted by atomic mass is 79.9. The van der Waals surface area contributed by atoms with Crippen molar-refractivity contribution in [3.63, 3.8) is 0 Å². The van der Waals surface area contributed by atoms with Gasteiger partial charge in [0.05, 0.1) is 4.47 Å². The maximum absolute atomic E-state index is 12.4. The molecule has 0 aliphatic heterocycles. The second kappa shape index (κ2) is 6.96. The lowest BCUT2D eigenvalue weighted by atomic mass is 10.1. The van der Waals surface area contributed by atoms with Crippen LogP contribution in [0.15, 0.2) is 53.0 Å². The molecule has 0 bridgehead atoms. The van der Waals surface area contributed by atoms with Gasteiger partial charge < -0.3 is 9.64 Å². The smallest absolute Gasteiger partial charge is 0.267 e. The van der Waals surface area contributed by atoms with Crippen LogP contribution in [-0.2, 0) is 4.79 Å². The first-order valence-electron chi connectivity index (χ1n) is 6.37. The number of rotatable bonds is 4. The molecule has 0 aromatic heterocycles. The molecule has 0 N–H and O–H groups in total. The van der Waals surface area contributed by atoms with Crippen LogP contribution in [0.5, 0.6) is 5.75 Å². The van der Waals surface area contributed by atoms with Gasteiger partial charge >= 0.3 is 0 Å². The largest absolute Gasteiger partial charge is 0.475 e. The number of carbonyl (C=O) groups is 1. The van der Waals surface area contributed by atoms with E-state index in [1.165, 1.54) is 4.90 Å². The Kier molecular flexibility index (Phi) is 5.26. The third-order valence-electron chi connectivity index (χ3n) is 2.91. The molecule has 21 heavy (non-hydrogen) atoms. The molecule has 5 heteroatoms. The minimum Gasteiger partial charge on any atom is -0.475 e. The van der Waals surface area contributed by atoms with Crippen LogP contribution in [0.4, 0.5) is 0 Å². The third-order valence-corrected chi connectivity index (χ3v) is 3.76. The monoisotopic (exact) mass is 367 g/mol. The fourth-order valence-corrected chi connectivity index (χ4v) is 2.60. The molecule has 3 nitrogen and oxygen atoms in total. The first-order chi connectivity index (χ1) is 9.99. The molecule has 2 rings (SSSR count). The molecule has 0 radical (unpaired) electrons. The summed E-state index contributed by atoms with van der Waals surface area (Å²) in [5, 5.41) is 0.601. The van der Waals surface area contributed by atoms with E-state index in [-0.39, 0.29) is 5.91 Å². The number of nitrogens with zero attached hydrogens (tertiary/aromatic N) is 1. The van der Waals surface area contributed by atoms with Crippen LogP contribution in [0, 0.1) is 0 Å².